The van der Waals surface area contributed by atoms with Crippen molar-refractivity contribution in [2.45, 2.75) is 25.3 Å². The maximum absolute atomic E-state index is 6.14. The van der Waals surface area contributed by atoms with Gasteiger partial charge in [-0.15, -0.1) is 0 Å². The van der Waals surface area contributed by atoms with Crippen LogP contribution in [0.3, 0.4) is 0 Å². The molecule has 3 nitrogen and oxygen atoms in total. The topological polar surface area (TPSA) is 61.3 Å². The molecule has 0 amide bonds. The summed E-state index contributed by atoms with van der Waals surface area (Å²) in [7, 11) is 1.67. The average molecular weight is 287 g/mol. The van der Waals surface area contributed by atoms with Gasteiger partial charge in [0.05, 0.1) is 7.11 Å². The fourth-order valence-corrected chi connectivity index (χ4v) is 2.04. The van der Waals surface area contributed by atoms with Crippen LogP contribution in [0, 0.1) is 0 Å². The van der Waals surface area contributed by atoms with E-state index in [1.807, 2.05) is 18.2 Å². The molecule has 4 N–H and O–H groups in total. The second-order valence-corrected chi connectivity index (χ2v) is 4.69. The van der Waals surface area contributed by atoms with Crippen LogP contribution in [-0.4, -0.2) is 13.7 Å². The van der Waals surface area contributed by atoms with E-state index in [0.717, 1.165) is 41.6 Å². The highest BCUT2D eigenvalue weighted by Gasteiger charge is 2.11. The van der Waals surface area contributed by atoms with E-state index in [0.29, 0.717) is 0 Å². The molecule has 4 heteroatoms. The zero-order valence-electron chi connectivity index (χ0n) is 9.58. The Morgan fingerprint density at radius 2 is 2.12 bits per heavy atom. The number of nitrogens with two attached hydrogens (primary N) is 2. The van der Waals surface area contributed by atoms with E-state index in [-0.39, 0.29) is 6.04 Å². The zero-order chi connectivity index (χ0) is 12.0. The first-order valence-electron chi connectivity index (χ1n) is 5.48. The molecule has 0 heterocycles. The lowest BCUT2D eigenvalue weighted by molar-refractivity contribution is 0.403. The minimum absolute atomic E-state index is 0.0130. The highest BCUT2D eigenvalue weighted by molar-refractivity contribution is 9.10. The molecule has 0 aliphatic carbocycles. The Hall–Kier alpha value is -0.580. The van der Waals surface area contributed by atoms with E-state index in [1.54, 1.807) is 7.11 Å². The first-order chi connectivity index (χ1) is 7.69. The van der Waals surface area contributed by atoms with Crippen molar-refractivity contribution in [2.75, 3.05) is 13.7 Å². The second kappa shape index (κ2) is 6.89. The highest BCUT2D eigenvalue weighted by atomic mass is 79.9. The Kier molecular flexibility index (Phi) is 5.80. The summed E-state index contributed by atoms with van der Waals surface area (Å²) in [6.07, 6.45) is 3.00. The minimum Gasteiger partial charge on any atom is -0.496 e. The monoisotopic (exact) mass is 286 g/mol. The molecular weight excluding hydrogens is 268 g/mol. The number of hydrogen-bond donors (Lipinski definition) is 2. The van der Waals surface area contributed by atoms with Crippen molar-refractivity contribution in [3.63, 3.8) is 0 Å². The molecule has 0 unspecified atom stereocenters. The largest absolute Gasteiger partial charge is 0.496 e. The number of ether oxygens (including phenoxy) is 1. The van der Waals surface area contributed by atoms with E-state index in [9.17, 15) is 0 Å². The SMILES string of the molecule is COc1ccc(Br)cc1[C@@H](N)CCCCN. The summed E-state index contributed by atoms with van der Waals surface area (Å²) < 4.78 is 6.33. The van der Waals surface area contributed by atoms with Gasteiger partial charge >= 0.3 is 0 Å². The van der Waals surface area contributed by atoms with Crippen molar-refractivity contribution >= 4 is 15.9 Å². The van der Waals surface area contributed by atoms with Crippen molar-refractivity contribution in [2.24, 2.45) is 11.5 Å². The van der Waals surface area contributed by atoms with Gasteiger partial charge in [0.15, 0.2) is 0 Å². The van der Waals surface area contributed by atoms with Crippen LogP contribution >= 0.6 is 15.9 Å². The van der Waals surface area contributed by atoms with Gasteiger partial charge in [0.2, 0.25) is 0 Å². The normalized spacial score (nSPS) is 12.5. The summed E-state index contributed by atoms with van der Waals surface area (Å²) in [5, 5.41) is 0. The van der Waals surface area contributed by atoms with Gasteiger partial charge in [0.25, 0.3) is 0 Å². The zero-order valence-corrected chi connectivity index (χ0v) is 11.2. The quantitative estimate of drug-likeness (QED) is 0.790. The molecule has 1 atom stereocenters. The molecule has 0 fully saturated rings. The van der Waals surface area contributed by atoms with E-state index in [2.05, 4.69) is 15.9 Å². The Bertz CT molecular complexity index is 331. The molecule has 16 heavy (non-hydrogen) atoms. The van der Waals surface area contributed by atoms with Crippen LogP contribution in [0.25, 0.3) is 0 Å². The molecule has 0 aliphatic heterocycles. The number of benzene rings is 1. The fourth-order valence-electron chi connectivity index (χ4n) is 1.66. The van der Waals surface area contributed by atoms with Gasteiger partial charge in [0.1, 0.15) is 5.75 Å². The van der Waals surface area contributed by atoms with Crippen molar-refractivity contribution in [1.29, 1.82) is 0 Å². The maximum atomic E-state index is 6.14. The summed E-state index contributed by atoms with van der Waals surface area (Å²) in [4.78, 5) is 0. The van der Waals surface area contributed by atoms with Crippen LogP contribution < -0.4 is 16.2 Å². The third kappa shape index (κ3) is 3.77. The second-order valence-electron chi connectivity index (χ2n) is 3.78. The molecule has 0 radical (unpaired) electrons. The Morgan fingerprint density at radius 1 is 1.38 bits per heavy atom. The standard InChI is InChI=1S/C12H19BrN2O/c1-16-12-6-5-9(13)8-10(12)11(15)4-2-3-7-14/h5-6,8,11H,2-4,7,14-15H2,1H3/t11-/m0/s1. The third-order valence-corrected chi connectivity index (χ3v) is 3.05. The highest BCUT2D eigenvalue weighted by Crippen LogP contribution is 2.29. The number of halogens is 1. The number of methoxy groups -OCH3 is 1. The molecule has 1 aromatic carbocycles. The smallest absolute Gasteiger partial charge is 0.123 e. The molecule has 0 spiro atoms. The lowest BCUT2D eigenvalue weighted by Crippen LogP contribution is -2.12. The average Bonchev–Trinajstić information content (AvgIpc) is 2.29. The molecule has 90 valence electrons. The van der Waals surface area contributed by atoms with Crippen molar-refractivity contribution in [3.05, 3.63) is 28.2 Å². The first kappa shape index (κ1) is 13.5. The predicted molar refractivity (Wildman–Crippen MR) is 70.5 cm³/mol. The number of rotatable bonds is 6. The van der Waals surface area contributed by atoms with Gasteiger partial charge in [-0.2, -0.15) is 0 Å². The molecule has 1 rings (SSSR count). The van der Waals surface area contributed by atoms with Crippen molar-refractivity contribution < 1.29 is 4.74 Å². The summed E-state index contributed by atoms with van der Waals surface area (Å²) >= 11 is 3.44. The van der Waals surface area contributed by atoms with Gasteiger partial charge < -0.3 is 16.2 Å². The summed E-state index contributed by atoms with van der Waals surface area (Å²) in [5.74, 6) is 0.850. The Labute approximate surface area is 105 Å². The van der Waals surface area contributed by atoms with Gasteiger partial charge in [-0.3, -0.25) is 0 Å². The lowest BCUT2D eigenvalue weighted by atomic mass is 10.0. The Morgan fingerprint density at radius 3 is 2.75 bits per heavy atom. The number of unbranched alkanes of at least 4 members (excludes halogenated alkanes) is 1. The third-order valence-electron chi connectivity index (χ3n) is 2.56. The maximum Gasteiger partial charge on any atom is 0.123 e. The molecule has 0 saturated carbocycles. The van der Waals surface area contributed by atoms with Crippen LogP contribution in [0.2, 0.25) is 0 Å². The summed E-state index contributed by atoms with van der Waals surface area (Å²) in [5.41, 5.74) is 12.6. The minimum atomic E-state index is 0.0130. The van der Waals surface area contributed by atoms with Gasteiger partial charge in [-0.05, 0) is 37.6 Å². The molecule has 1 aromatic rings. The van der Waals surface area contributed by atoms with Crippen molar-refractivity contribution in [3.8, 4) is 5.75 Å². The van der Waals surface area contributed by atoms with Crippen LogP contribution in [0.1, 0.15) is 30.9 Å². The van der Waals surface area contributed by atoms with E-state index in [4.69, 9.17) is 16.2 Å². The van der Waals surface area contributed by atoms with Crippen molar-refractivity contribution in [1.82, 2.24) is 0 Å². The molecular formula is C12H19BrN2O. The van der Waals surface area contributed by atoms with E-state index in [1.165, 1.54) is 0 Å². The van der Waals surface area contributed by atoms with Crippen LogP contribution in [0.15, 0.2) is 22.7 Å². The molecule has 0 bridgehead atoms. The summed E-state index contributed by atoms with van der Waals surface area (Å²) in [6.45, 7) is 0.725. The van der Waals surface area contributed by atoms with Gasteiger partial charge in [-0.1, -0.05) is 22.4 Å². The van der Waals surface area contributed by atoms with Crippen LogP contribution in [0.5, 0.6) is 5.75 Å². The lowest BCUT2D eigenvalue weighted by Gasteiger charge is -2.15. The first-order valence-corrected chi connectivity index (χ1v) is 6.27. The van der Waals surface area contributed by atoms with E-state index < -0.39 is 0 Å². The van der Waals surface area contributed by atoms with E-state index >= 15 is 0 Å². The number of hydrogen-bond acceptors (Lipinski definition) is 3. The fraction of sp³-hybridized carbons (Fsp3) is 0.500. The molecule has 0 aromatic heterocycles. The molecule has 0 saturated heterocycles. The summed E-state index contributed by atoms with van der Waals surface area (Å²) in [6, 6.07) is 5.92. The Balaban J connectivity index is 2.72. The van der Waals surface area contributed by atoms with Gasteiger partial charge in [-0.25, -0.2) is 0 Å². The van der Waals surface area contributed by atoms with Gasteiger partial charge in [0, 0.05) is 16.1 Å². The van der Waals surface area contributed by atoms with Crippen LogP contribution in [-0.2, 0) is 0 Å². The predicted octanol–water partition coefficient (Wildman–Crippen LogP) is 2.59. The molecule has 0 aliphatic rings. The van der Waals surface area contributed by atoms with Crippen LogP contribution in [0.4, 0.5) is 0 Å².